The SMILES string of the molecule is CC.CC(C)(C)C1CN2CCC1CC2.C[C@H]1CN2CCC1CC2. The van der Waals surface area contributed by atoms with Crippen LogP contribution in [0.4, 0.5) is 0 Å². The first kappa shape index (κ1) is 19.2. The molecule has 6 heterocycles. The van der Waals surface area contributed by atoms with Crippen LogP contribution in [0.1, 0.15) is 67.2 Å². The lowest BCUT2D eigenvalue weighted by Crippen LogP contribution is -2.51. The lowest BCUT2D eigenvalue weighted by molar-refractivity contribution is -0.00555. The number of hydrogen-bond acceptors (Lipinski definition) is 2. The van der Waals surface area contributed by atoms with Crippen molar-refractivity contribution in [1.29, 1.82) is 0 Å². The van der Waals surface area contributed by atoms with Gasteiger partial charge in [0.1, 0.15) is 0 Å². The van der Waals surface area contributed by atoms with Crippen molar-refractivity contribution in [3.05, 3.63) is 0 Å². The first-order chi connectivity index (χ1) is 10.9. The Morgan fingerprint density at radius 1 is 0.696 bits per heavy atom. The summed E-state index contributed by atoms with van der Waals surface area (Å²) in [7, 11) is 0. The zero-order chi connectivity index (χ0) is 17.0. The lowest BCUT2D eigenvalue weighted by atomic mass is 9.67. The van der Waals surface area contributed by atoms with E-state index in [1.54, 1.807) is 0 Å². The van der Waals surface area contributed by atoms with Crippen molar-refractivity contribution in [1.82, 2.24) is 9.80 Å². The van der Waals surface area contributed by atoms with Gasteiger partial charge in [0, 0.05) is 13.1 Å². The molecule has 0 aromatic carbocycles. The molecular formula is C21H42N2. The summed E-state index contributed by atoms with van der Waals surface area (Å²) < 4.78 is 0. The quantitative estimate of drug-likeness (QED) is 0.635. The van der Waals surface area contributed by atoms with Crippen LogP contribution < -0.4 is 0 Å². The summed E-state index contributed by atoms with van der Waals surface area (Å²) in [4.78, 5) is 5.25. The molecule has 0 aromatic rings. The van der Waals surface area contributed by atoms with Crippen molar-refractivity contribution < 1.29 is 0 Å². The van der Waals surface area contributed by atoms with Gasteiger partial charge in [-0.15, -0.1) is 0 Å². The Bertz CT molecular complexity index is 330. The first-order valence-corrected chi connectivity index (χ1v) is 10.4. The molecule has 2 heteroatoms. The Labute approximate surface area is 146 Å². The van der Waals surface area contributed by atoms with E-state index in [0.717, 1.165) is 23.7 Å². The van der Waals surface area contributed by atoms with Crippen LogP contribution in [0.2, 0.25) is 0 Å². The molecule has 2 atom stereocenters. The highest BCUT2D eigenvalue weighted by Crippen LogP contribution is 2.42. The minimum Gasteiger partial charge on any atom is -0.303 e. The first-order valence-electron chi connectivity index (χ1n) is 10.4. The molecule has 0 spiro atoms. The predicted octanol–water partition coefficient (Wildman–Crippen LogP) is 4.75. The summed E-state index contributed by atoms with van der Waals surface area (Å²) in [5.41, 5.74) is 0.532. The molecule has 6 fully saturated rings. The van der Waals surface area contributed by atoms with E-state index in [0.29, 0.717) is 5.41 Å². The van der Waals surface area contributed by atoms with Crippen LogP contribution in [0, 0.1) is 29.1 Å². The molecule has 6 rings (SSSR count). The predicted molar refractivity (Wildman–Crippen MR) is 102 cm³/mol. The summed E-state index contributed by atoms with van der Waals surface area (Å²) >= 11 is 0. The second kappa shape index (κ2) is 8.34. The van der Waals surface area contributed by atoms with Crippen LogP contribution in [-0.2, 0) is 0 Å². The second-order valence-electron chi connectivity index (χ2n) is 9.23. The van der Waals surface area contributed by atoms with E-state index in [-0.39, 0.29) is 0 Å². The summed E-state index contributed by atoms with van der Waals surface area (Å²) in [6, 6.07) is 0. The molecule has 6 aliphatic rings. The summed E-state index contributed by atoms with van der Waals surface area (Å²) in [6.07, 6.45) is 5.87. The third-order valence-electron chi connectivity index (χ3n) is 6.75. The van der Waals surface area contributed by atoms with Crippen molar-refractivity contribution in [3.8, 4) is 0 Å². The van der Waals surface area contributed by atoms with Gasteiger partial charge in [-0.2, -0.15) is 0 Å². The topological polar surface area (TPSA) is 6.48 Å². The molecule has 0 aliphatic carbocycles. The van der Waals surface area contributed by atoms with Gasteiger partial charge in [0.2, 0.25) is 0 Å². The Morgan fingerprint density at radius 2 is 1.13 bits per heavy atom. The minimum atomic E-state index is 0.532. The molecule has 0 radical (unpaired) electrons. The van der Waals surface area contributed by atoms with Gasteiger partial charge in [-0.3, -0.25) is 0 Å². The number of fused-ring (bicyclic) bond motifs is 6. The molecule has 1 unspecified atom stereocenters. The highest BCUT2D eigenvalue weighted by Gasteiger charge is 2.39. The fourth-order valence-corrected chi connectivity index (χ4v) is 5.21. The third-order valence-corrected chi connectivity index (χ3v) is 6.75. The van der Waals surface area contributed by atoms with Gasteiger partial charge in [-0.05, 0) is 80.9 Å². The fraction of sp³-hybridized carbons (Fsp3) is 1.00. The number of rotatable bonds is 0. The maximum absolute atomic E-state index is 2.65. The molecule has 2 nitrogen and oxygen atoms in total. The van der Waals surface area contributed by atoms with Crippen molar-refractivity contribution >= 4 is 0 Å². The van der Waals surface area contributed by atoms with Crippen LogP contribution >= 0.6 is 0 Å². The molecule has 136 valence electrons. The molecule has 6 saturated heterocycles. The van der Waals surface area contributed by atoms with Crippen LogP contribution in [0.15, 0.2) is 0 Å². The van der Waals surface area contributed by atoms with E-state index in [4.69, 9.17) is 0 Å². The number of nitrogens with zero attached hydrogens (tertiary/aromatic N) is 2. The normalized spacial score (nSPS) is 41.5. The van der Waals surface area contributed by atoms with Crippen LogP contribution in [-0.4, -0.2) is 49.1 Å². The zero-order valence-corrected chi connectivity index (χ0v) is 16.8. The van der Waals surface area contributed by atoms with Crippen molar-refractivity contribution in [2.75, 3.05) is 39.3 Å². The van der Waals surface area contributed by atoms with Gasteiger partial charge in [0.15, 0.2) is 0 Å². The molecule has 23 heavy (non-hydrogen) atoms. The minimum absolute atomic E-state index is 0.532. The lowest BCUT2D eigenvalue weighted by Gasteiger charge is -2.50. The smallest absolute Gasteiger partial charge is 0.00173 e. The average Bonchev–Trinajstić information content (AvgIpc) is 2.58. The third kappa shape index (κ3) is 4.95. The Morgan fingerprint density at radius 3 is 1.30 bits per heavy atom. The largest absolute Gasteiger partial charge is 0.303 e. The molecule has 0 N–H and O–H groups in total. The molecular weight excluding hydrogens is 280 g/mol. The van der Waals surface area contributed by atoms with Crippen LogP contribution in [0.5, 0.6) is 0 Å². The Kier molecular flexibility index (Phi) is 6.98. The van der Waals surface area contributed by atoms with Gasteiger partial charge in [-0.1, -0.05) is 41.5 Å². The molecule has 0 aromatic heterocycles. The maximum Gasteiger partial charge on any atom is 0.00173 e. The van der Waals surface area contributed by atoms with E-state index in [2.05, 4.69) is 37.5 Å². The fourth-order valence-electron chi connectivity index (χ4n) is 5.21. The van der Waals surface area contributed by atoms with Crippen LogP contribution in [0.25, 0.3) is 0 Å². The summed E-state index contributed by atoms with van der Waals surface area (Å²) in [5.74, 6) is 4.07. The molecule has 0 saturated carbocycles. The van der Waals surface area contributed by atoms with Gasteiger partial charge in [0.05, 0.1) is 0 Å². The number of hydrogen-bond donors (Lipinski definition) is 0. The maximum atomic E-state index is 2.65. The highest BCUT2D eigenvalue weighted by molar-refractivity contribution is 4.91. The molecule has 4 bridgehead atoms. The highest BCUT2D eigenvalue weighted by atomic mass is 15.2. The van der Waals surface area contributed by atoms with Gasteiger partial charge >= 0.3 is 0 Å². The molecule has 0 amide bonds. The van der Waals surface area contributed by atoms with Crippen molar-refractivity contribution in [2.45, 2.75) is 67.2 Å². The van der Waals surface area contributed by atoms with E-state index in [9.17, 15) is 0 Å². The van der Waals surface area contributed by atoms with Gasteiger partial charge in [0.25, 0.3) is 0 Å². The Hall–Kier alpha value is -0.0800. The van der Waals surface area contributed by atoms with E-state index < -0.39 is 0 Å². The van der Waals surface area contributed by atoms with Crippen LogP contribution in [0.3, 0.4) is 0 Å². The van der Waals surface area contributed by atoms with E-state index in [1.807, 2.05) is 13.8 Å². The molecule has 6 aliphatic heterocycles. The number of piperidine rings is 6. The summed E-state index contributed by atoms with van der Waals surface area (Å²) in [5, 5.41) is 0. The van der Waals surface area contributed by atoms with Gasteiger partial charge in [-0.25, -0.2) is 0 Å². The van der Waals surface area contributed by atoms with E-state index in [1.165, 1.54) is 65.0 Å². The standard InChI is InChI=1S/C11H21N.C8H15N.C2H6/c1-11(2,3)10-8-12-6-4-9(10)5-7-12;1-7-6-9-4-2-8(7)3-5-9;1-2/h9-10H,4-8H2,1-3H3;7-8H,2-6H2,1H3;1-2H3/t;7-;/m.0./s1. The zero-order valence-electron chi connectivity index (χ0n) is 16.8. The van der Waals surface area contributed by atoms with Crippen molar-refractivity contribution in [3.63, 3.8) is 0 Å². The average molecular weight is 323 g/mol. The summed E-state index contributed by atoms with van der Waals surface area (Å²) in [6.45, 7) is 21.9. The van der Waals surface area contributed by atoms with E-state index >= 15 is 0 Å². The van der Waals surface area contributed by atoms with Crippen molar-refractivity contribution in [2.24, 2.45) is 29.1 Å². The monoisotopic (exact) mass is 322 g/mol. The Balaban J connectivity index is 0.000000155. The second-order valence-corrected chi connectivity index (χ2v) is 9.23. The van der Waals surface area contributed by atoms with Gasteiger partial charge < -0.3 is 9.80 Å².